The molecule has 0 aliphatic carbocycles. The largest absolute Gasteiger partial charge is 0.482 e. The van der Waals surface area contributed by atoms with E-state index in [1.165, 1.54) is 0 Å². The molecule has 0 bridgehead atoms. The molecule has 1 heterocycles. The van der Waals surface area contributed by atoms with E-state index >= 15 is 0 Å². The van der Waals surface area contributed by atoms with Crippen LogP contribution in [0, 0.1) is 0 Å². The van der Waals surface area contributed by atoms with Crippen molar-refractivity contribution >= 4 is 21.8 Å². The van der Waals surface area contributed by atoms with E-state index in [-0.39, 0.29) is 12.4 Å². The van der Waals surface area contributed by atoms with Crippen LogP contribution in [0.25, 0.3) is 0 Å². The third kappa shape index (κ3) is 2.25. The molecule has 1 aromatic carbocycles. The molecule has 0 spiro atoms. The van der Waals surface area contributed by atoms with Gasteiger partial charge in [-0.3, -0.25) is 0 Å². The number of rotatable bonds is 1. The van der Waals surface area contributed by atoms with E-state index in [0.29, 0.717) is 5.56 Å². The van der Waals surface area contributed by atoms with Crippen molar-refractivity contribution < 1.29 is 13.5 Å². The van der Waals surface area contributed by atoms with Crippen LogP contribution < -0.4 is 5.73 Å². The fourth-order valence-corrected chi connectivity index (χ4v) is 2.28. The van der Waals surface area contributed by atoms with E-state index in [0.717, 1.165) is 4.47 Å². The number of ether oxygens (including phenoxy) is 1. The van der Waals surface area contributed by atoms with Crippen molar-refractivity contribution in [3.8, 4) is 0 Å². The summed E-state index contributed by atoms with van der Waals surface area (Å²) in [6, 6.07) is 6.98. The van der Waals surface area contributed by atoms with Crippen molar-refractivity contribution in [2.45, 2.75) is 12.5 Å². The molecule has 0 aromatic heterocycles. The number of hydrogen-bond acceptors (Lipinski definition) is 3. The van der Waals surface area contributed by atoms with Crippen LogP contribution in [0.1, 0.15) is 12.5 Å². The number of nitrogens with two attached hydrogens (primary N) is 1. The predicted octanol–water partition coefficient (Wildman–Crippen LogP) is 3.16. The van der Waals surface area contributed by atoms with Gasteiger partial charge in [0, 0.05) is 4.47 Å². The van der Waals surface area contributed by atoms with Crippen molar-refractivity contribution in [2.24, 2.45) is 10.7 Å². The number of aliphatic imine (C=N–C) groups is 1. The summed E-state index contributed by atoms with van der Waals surface area (Å²) in [5, 5.41) is 0. The minimum atomic E-state index is -1.88. The van der Waals surface area contributed by atoms with Gasteiger partial charge in [-0.1, -0.05) is 28.1 Å². The van der Waals surface area contributed by atoms with Gasteiger partial charge in [0.1, 0.15) is 18.0 Å². The summed E-state index contributed by atoms with van der Waals surface area (Å²) in [7, 11) is 0. The molecule has 1 aliphatic heterocycles. The van der Waals surface area contributed by atoms with E-state index < -0.39 is 17.4 Å². The molecule has 0 fully saturated rings. The molecular formula is C12H11BrF2N2O. The van der Waals surface area contributed by atoms with Crippen LogP contribution in [-0.4, -0.2) is 12.4 Å². The van der Waals surface area contributed by atoms with Crippen LogP contribution in [0.4, 0.5) is 8.78 Å². The van der Waals surface area contributed by atoms with Gasteiger partial charge in [0.25, 0.3) is 0 Å². The number of amidine groups is 1. The highest BCUT2D eigenvalue weighted by Crippen LogP contribution is 2.39. The molecule has 1 aromatic rings. The van der Waals surface area contributed by atoms with Gasteiger partial charge >= 0.3 is 6.08 Å². The Labute approximate surface area is 111 Å². The fraction of sp³-hybridized carbons (Fsp3) is 0.250. The Balaban J connectivity index is 2.62. The van der Waals surface area contributed by atoms with Gasteiger partial charge in [-0.15, -0.1) is 0 Å². The fourth-order valence-electron chi connectivity index (χ4n) is 1.88. The Kier molecular flexibility index (Phi) is 3.38. The van der Waals surface area contributed by atoms with Gasteiger partial charge in [-0.2, -0.15) is 8.78 Å². The molecule has 6 heteroatoms. The van der Waals surface area contributed by atoms with Gasteiger partial charge in [0.05, 0.1) is 0 Å². The average molecular weight is 317 g/mol. The highest BCUT2D eigenvalue weighted by molar-refractivity contribution is 9.10. The van der Waals surface area contributed by atoms with Crippen LogP contribution >= 0.6 is 15.9 Å². The van der Waals surface area contributed by atoms with Crippen LogP contribution in [0.5, 0.6) is 0 Å². The first kappa shape index (κ1) is 13.0. The number of halogens is 3. The Morgan fingerprint density at radius 2 is 2.22 bits per heavy atom. The Bertz CT molecular complexity index is 541. The van der Waals surface area contributed by atoms with Gasteiger partial charge in [0.2, 0.25) is 0 Å². The summed E-state index contributed by atoms with van der Waals surface area (Å²) in [6.07, 6.45) is -1.88. The maximum absolute atomic E-state index is 13.0. The number of benzene rings is 1. The van der Waals surface area contributed by atoms with Crippen LogP contribution in [-0.2, 0) is 10.3 Å². The smallest absolute Gasteiger partial charge is 0.310 e. The predicted molar refractivity (Wildman–Crippen MR) is 68.3 cm³/mol. The minimum absolute atomic E-state index is 0.115. The minimum Gasteiger partial charge on any atom is -0.482 e. The van der Waals surface area contributed by atoms with Crippen LogP contribution in [0.3, 0.4) is 0 Å². The van der Waals surface area contributed by atoms with Gasteiger partial charge in [0.15, 0.2) is 5.76 Å². The van der Waals surface area contributed by atoms with Crippen molar-refractivity contribution in [1.29, 1.82) is 0 Å². The molecule has 0 saturated carbocycles. The lowest BCUT2D eigenvalue weighted by Gasteiger charge is -2.32. The Hall–Kier alpha value is -1.43. The van der Waals surface area contributed by atoms with Crippen molar-refractivity contribution in [3.05, 3.63) is 46.1 Å². The molecule has 0 saturated heterocycles. The van der Waals surface area contributed by atoms with Gasteiger partial charge < -0.3 is 10.5 Å². The third-order valence-corrected chi connectivity index (χ3v) is 3.23. The molecule has 0 radical (unpaired) electrons. The topological polar surface area (TPSA) is 47.6 Å². The maximum atomic E-state index is 13.0. The molecule has 2 N–H and O–H groups in total. The van der Waals surface area contributed by atoms with E-state index in [9.17, 15) is 8.78 Å². The Morgan fingerprint density at radius 1 is 1.50 bits per heavy atom. The molecule has 1 atom stereocenters. The number of hydrogen-bond donors (Lipinski definition) is 1. The summed E-state index contributed by atoms with van der Waals surface area (Å²) in [4.78, 5) is 4.14. The zero-order valence-electron chi connectivity index (χ0n) is 9.58. The first-order chi connectivity index (χ1) is 8.43. The third-order valence-electron chi connectivity index (χ3n) is 2.73. The van der Waals surface area contributed by atoms with E-state index in [2.05, 4.69) is 20.9 Å². The molecule has 1 aliphatic rings. The first-order valence-corrected chi connectivity index (χ1v) is 6.01. The van der Waals surface area contributed by atoms with Crippen molar-refractivity contribution in [1.82, 2.24) is 0 Å². The highest BCUT2D eigenvalue weighted by atomic mass is 79.9. The summed E-state index contributed by atoms with van der Waals surface area (Å²) < 4.78 is 31.7. The molecule has 0 amide bonds. The van der Waals surface area contributed by atoms with Crippen LogP contribution in [0.15, 0.2) is 45.6 Å². The lowest BCUT2D eigenvalue weighted by atomic mass is 9.90. The quantitative estimate of drug-likeness (QED) is 0.865. The zero-order chi connectivity index (χ0) is 13.3. The molecule has 1 unspecified atom stereocenters. The van der Waals surface area contributed by atoms with E-state index in [1.54, 1.807) is 31.2 Å². The van der Waals surface area contributed by atoms with Gasteiger partial charge in [-0.05, 0) is 24.6 Å². The molecule has 2 rings (SSSR count). The monoisotopic (exact) mass is 316 g/mol. The zero-order valence-corrected chi connectivity index (χ0v) is 11.2. The second kappa shape index (κ2) is 4.68. The van der Waals surface area contributed by atoms with Crippen molar-refractivity contribution in [3.63, 3.8) is 0 Å². The molecule has 18 heavy (non-hydrogen) atoms. The average Bonchev–Trinajstić information content (AvgIpc) is 2.28. The second-order valence-corrected chi connectivity index (χ2v) is 4.98. The number of nitrogens with zero attached hydrogens (tertiary/aromatic N) is 1. The van der Waals surface area contributed by atoms with Crippen molar-refractivity contribution in [2.75, 3.05) is 6.61 Å². The summed E-state index contributed by atoms with van der Waals surface area (Å²) in [5.41, 5.74) is 4.89. The van der Waals surface area contributed by atoms with Gasteiger partial charge in [-0.25, -0.2) is 4.99 Å². The summed E-state index contributed by atoms with van der Waals surface area (Å²) in [6.45, 7) is 1.44. The van der Waals surface area contributed by atoms with E-state index in [1.807, 2.05) is 0 Å². The summed E-state index contributed by atoms with van der Waals surface area (Å²) in [5.74, 6) is -0.253. The SMILES string of the molecule is CC1(c2cccc(Br)c2)N=C(N)COC1=C(F)F. The normalized spacial score (nSPS) is 23.3. The molecule has 3 nitrogen and oxygen atoms in total. The van der Waals surface area contributed by atoms with Crippen LogP contribution in [0.2, 0.25) is 0 Å². The first-order valence-electron chi connectivity index (χ1n) is 5.22. The second-order valence-electron chi connectivity index (χ2n) is 4.06. The molecular weight excluding hydrogens is 306 g/mol. The maximum Gasteiger partial charge on any atom is 0.310 e. The standard InChI is InChI=1S/C12H11BrF2N2O/c1-12(7-3-2-4-8(13)5-7)10(11(14)15)18-6-9(16)17-12/h2-5H,6H2,1H3,(H2,16,17). The highest BCUT2D eigenvalue weighted by Gasteiger charge is 2.39. The Morgan fingerprint density at radius 3 is 2.83 bits per heavy atom. The lowest BCUT2D eigenvalue weighted by Crippen LogP contribution is -2.36. The van der Waals surface area contributed by atoms with E-state index in [4.69, 9.17) is 10.5 Å². The molecule has 96 valence electrons. The summed E-state index contributed by atoms with van der Waals surface area (Å²) >= 11 is 3.30. The lowest BCUT2D eigenvalue weighted by molar-refractivity contribution is 0.159.